The molecule has 5 nitrogen and oxygen atoms in total. The highest BCUT2D eigenvalue weighted by Crippen LogP contribution is 2.52. The minimum absolute atomic E-state index is 0.0974. The predicted molar refractivity (Wildman–Crippen MR) is 104 cm³/mol. The maximum absolute atomic E-state index is 12.3. The van der Waals surface area contributed by atoms with Crippen LogP contribution in [-0.2, 0) is 12.8 Å². The highest BCUT2D eigenvalue weighted by atomic mass is 16.5. The molecule has 0 unspecified atom stereocenters. The van der Waals surface area contributed by atoms with Crippen molar-refractivity contribution in [1.82, 2.24) is 0 Å². The Hall–Kier alpha value is -2.01. The maximum atomic E-state index is 12.3. The normalized spacial score (nSPS) is 26.1. The monoisotopic (exact) mass is 372 g/mol. The van der Waals surface area contributed by atoms with Crippen LogP contribution in [0.5, 0.6) is 11.5 Å². The van der Waals surface area contributed by atoms with E-state index in [1.54, 1.807) is 6.07 Å². The molecular formula is C22H28O5. The molecule has 4 rings (SSSR count). The summed E-state index contributed by atoms with van der Waals surface area (Å²) in [4.78, 5) is 12.3. The van der Waals surface area contributed by atoms with Gasteiger partial charge in [-0.25, -0.2) is 4.79 Å². The number of aliphatic hydroxyl groups excluding tert-OH is 1. The average Bonchev–Trinajstić information content (AvgIpc) is 2.58. The second-order valence-corrected chi connectivity index (χ2v) is 8.58. The fourth-order valence-electron chi connectivity index (χ4n) is 4.28. The first kappa shape index (κ1) is 18.4. The minimum atomic E-state index is -0.744. The lowest BCUT2D eigenvalue weighted by Gasteiger charge is -2.39. The van der Waals surface area contributed by atoms with Crippen LogP contribution in [0.3, 0.4) is 0 Å². The first-order chi connectivity index (χ1) is 12.7. The van der Waals surface area contributed by atoms with Gasteiger partial charge < -0.3 is 19.0 Å². The molecule has 5 heteroatoms. The molecule has 27 heavy (non-hydrogen) atoms. The average molecular weight is 372 g/mol. The molecule has 146 valence electrons. The van der Waals surface area contributed by atoms with Gasteiger partial charge in [0.1, 0.15) is 23.2 Å². The second-order valence-electron chi connectivity index (χ2n) is 8.58. The summed E-state index contributed by atoms with van der Waals surface area (Å²) in [7, 11) is 0. The largest absolute Gasteiger partial charge is 0.489 e. The number of ether oxygens (including phenoxy) is 2. The third-order valence-corrected chi connectivity index (χ3v) is 6.02. The number of hydrogen-bond donors (Lipinski definition) is 1. The van der Waals surface area contributed by atoms with Gasteiger partial charge in [-0.1, -0.05) is 20.3 Å². The van der Waals surface area contributed by atoms with Crippen LogP contribution in [0.15, 0.2) is 15.3 Å². The zero-order valence-corrected chi connectivity index (χ0v) is 16.7. The van der Waals surface area contributed by atoms with Gasteiger partial charge in [0.05, 0.1) is 17.1 Å². The van der Waals surface area contributed by atoms with Crippen molar-refractivity contribution >= 4 is 11.0 Å². The zero-order valence-electron chi connectivity index (χ0n) is 16.7. The van der Waals surface area contributed by atoms with E-state index in [-0.39, 0.29) is 17.6 Å². The van der Waals surface area contributed by atoms with Gasteiger partial charge in [0.2, 0.25) is 0 Å². The number of rotatable bonds is 2. The Bertz CT molecular complexity index is 956. The van der Waals surface area contributed by atoms with Crippen LogP contribution < -0.4 is 15.1 Å². The van der Waals surface area contributed by atoms with Crippen molar-refractivity contribution in [2.45, 2.75) is 78.1 Å². The minimum Gasteiger partial charge on any atom is -0.489 e. The predicted octanol–water partition coefficient (Wildman–Crippen LogP) is 4.30. The van der Waals surface area contributed by atoms with Gasteiger partial charge in [0.25, 0.3) is 0 Å². The van der Waals surface area contributed by atoms with E-state index in [1.165, 1.54) is 0 Å². The third kappa shape index (κ3) is 2.83. The van der Waals surface area contributed by atoms with Crippen molar-refractivity contribution in [3.05, 3.63) is 33.2 Å². The van der Waals surface area contributed by atoms with Gasteiger partial charge in [-0.15, -0.1) is 0 Å². The van der Waals surface area contributed by atoms with Crippen molar-refractivity contribution < 1.29 is 19.0 Å². The molecule has 0 fully saturated rings. The summed E-state index contributed by atoms with van der Waals surface area (Å²) in [5.74, 6) is 1.30. The molecule has 3 atom stereocenters. The molecule has 0 amide bonds. The Labute approximate surface area is 159 Å². The van der Waals surface area contributed by atoms with E-state index in [0.717, 1.165) is 47.9 Å². The molecule has 1 N–H and O–H groups in total. The first-order valence-corrected chi connectivity index (χ1v) is 9.92. The Balaban J connectivity index is 2.14. The zero-order chi connectivity index (χ0) is 19.5. The van der Waals surface area contributed by atoms with E-state index >= 15 is 0 Å². The molecule has 1 aromatic carbocycles. The SMILES string of the molecule is CCCc1cc(=O)oc2c3c(c4c(c12)OC(C)(C)CC4)O[C@@H](C)[C@H](C)[C@@H]3O. The molecule has 1 aromatic heterocycles. The summed E-state index contributed by atoms with van der Waals surface area (Å²) in [5, 5.41) is 11.9. The molecule has 0 bridgehead atoms. The second kappa shape index (κ2) is 6.26. The number of fused-ring (bicyclic) bond motifs is 6. The van der Waals surface area contributed by atoms with Crippen molar-refractivity contribution in [2.24, 2.45) is 5.92 Å². The van der Waals surface area contributed by atoms with Gasteiger partial charge in [-0.05, 0) is 45.6 Å². The van der Waals surface area contributed by atoms with Gasteiger partial charge in [-0.3, -0.25) is 0 Å². The van der Waals surface area contributed by atoms with Crippen LogP contribution in [-0.4, -0.2) is 16.8 Å². The molecule has 0 saturated carbocycles. The van der Waals surface area contributed by atoms with Crippen molar-refractivity contribution in [1.29, 1.82) is 0 Å². The molecule has 3 heterocycles. The molecular weight excluding hydrogens is 344 g/mol. The molecule has 0 spiro atoms. The van der Waals surface area contributed by atoms with Gasteiger partial charge >= 0.3 is 5.63 Å². The Morgan fingerprint density at radius 3 is 2.70 bits per heavy atom. The summed E-state index contributed by atoms with van der Waals surface area (Å²) in [6.07, 6.45) is 2.45. The van der Waals surface area contributed by atoms with Crippen molar-refractivity contribution in [2.75, 3.05) is 0 Å². The fourth-order valence-corrected chi connectivity index (χ4v) is 4.28. The van der Waals surface area contributed by atoms with Crippen LogP contribution in [0, 0.1) is 5.92 Å². The highest BCUT2D eigenvalue weighted by molar-refractivity contribution is 5.94. The number of hydrogen-bond acceptors (Lipinski definition) is 5. The van der Waals surface area contributed by atoms with Crippen LogP contribution in [0.2, 0.25) is 0 Å². The first-order valence-electron chi connectivity index (χ1n) is 9.92. The van der Waals surface area contributed by atoms with Crippen molar-refractivity contribution in [3.8, 4) is 11.5 Å². The lowest BCUT2D eigenvalue weighted by Crippen LogP contribution is -2.36. The molecule has 0 radical (unpaired) electrons. The molecule has 0 aliphatic carbocycles. The van der Waals surface area contributed by atoms with Crippen LogP contribution in [0.4, 0.5) is 0 Å². The van der Waals surface area contributed by atoms with E-state index in [2.05, 4.69) is 20.8 Å². The quantitative estimate of drug-likeness (QED) is 0.796. The van der Waals surface area contributed by atoms with E-state index in [9.17, 15) is 9.90 Å². The van der Waals surface area contributed by atoms with Crippen LogP contribution in [0.25, 0.3) is 11.0 Å². The lowest BCUT2D eigenvalue weighted by molar-refractivity contribution is 0.0151. The lowest BCUT2D eigenvalue weighted by atomic mass is 9.83. The van der Waals surface area contributed by atoms with Gasteiger partial charge in [0.15, 0.2) is 5.58 Å². The maximum Gasteiger partial charge on any atom is 0.336 e. The molecule has 0 saturated heterocycles. The van der Waals surface area contributed by atoms with Crippen molar-refractivity contribution in [3.63, 3.8) is 0 Å². The van der Waals surface area contributed by atoms with E-state index in [1.807, 2.05) is 13.8 Å². The van der Waals surface area contributed by atoms with Crippen LogP contribution >= 0.6 is 0 Å². The standard InChI is InChI=1S/C22H28O5/c1-6-7-13-10-15(23)26-21-16(13)20-14(8-9-22(4,5)27-20)19-17(21)18(24)11(2)12(3)25-19/h10-12,18,24H,6-9H2,1-5H3/t11-,12-,18-/m0/s1. The van der Waals surface area contributed by atoms with Gasteiger partial charge in [-0.2, -0.15) is 0 Å². The molecule has 2 aromatic rings. The van der Waals surface area contributed by atoms with Crippen LogP contribution in [0.1, 0.15) is 70.3 Å². The van der Waals surface area contributed by atoms with E-state index < -0.39 is 11.7 Å². The van der Waals surface area contributed by atoms with E-state index in [0.29, 0.717) is 16.9 Å². The summed E-state index contributed by atoms with van der Waals surface area (Å²) in [6, 6.07) is 1.56. The topological polar surface area (TPSA) is 68.9 Å². The summed E-state index contributed by atoms with van der Waals surface area (Å²) >= 11 is 0. The van der Waals surface area contributed by atoms with E-state index in [4.69, 9.17) is 13.9 Å². The smallest absolute Gasteiger partial charge is 0.336 e. The molecule has 2 aliphatic heterocycles. The number of aliphatic hydroxyl groups is 1. The number of aryl methyl sites for hydroxylation is 1. The summed E-state index contributed by atoms with van der Waals surface area (Å²) in [6.45, 7) is 10.1. The Kier molecular flexibility index (Phi) is 4.26. The summed E-state index contributed by atoms with van der Waals surface area (Å²) < 4.78 is 18.3. The van der Waals surface area contributed by atoms with Gasteiger partial charge in [0, 0.05) is 17.5 Å². The molecule has 2 aliphatic rings. The summed E-state index contributed by atoms with van der Waals surface area (Å²) in [5.41, 5.74) is 2.22. The number of benzene rings is 1. The fraction of sp³-hybridized carbons (Fsp3) is 0.591. The Morgan fingerprint density at radius 2 is 2.00 bits per heavy atom. The highest BCUT2D eigenvalue weighted by Gasteiger charge is 2.41. The third-order valence-electron chi connectivity index (χ3n) is 6.02. The Morgan fingerprint density at radius 1 is 1.26 bits per heavy atom.